The molecule has 2 rings (SSSR count). The van der Waals surface area contributed by atoms with Crippen LogP contribution in [0, 0.1) is 2.88 Å². The molecule has 0 spiro atoms. The van der Waals surface area contributed by atoms with E-state index >= 15 is 0 Å². The molecular formula is C15H17IN2OS. The molecule has 0 fully saturated rings. The molecule has 0 bridgehead atoms. The number of thiophene rings is 1. The first-order chi connectivity index (χ1) is 9.66. The van der Waals surface area contributed by atoms with E-state index in [1.54, 1.807) is 11.3 Å². The normalized spacial score (nSPS) is 10.3. The second kappa shape index (κ2) is 7.64. The van der Waals surface area contributed by atoms with Crippen LogP contribution in [-0.2, 0) is 0 Å². The van der Waals surface area contributed by atoms with E-state index in [-0.39, 0.29) is 5.91 Å². The number of carbonyl (C=O) groups excluding carboxylic acids is 1. The van der Waals surface area contributed by atoms with E-state index in [1.807, 2.05) is 29.6 Å². The van der Waals surface area contributed by atoms with Crippen LogP contribution in [0.1, 0.15) is 16.8 Å². The monoisotopic (exact) mass is 400 g/mol. The molecule has 1 amide bonds. The molecule has 106 valence electrons. The number of anilines is 1. The third-order valence-corrected chi connectivity index (χ3v) is 4.77. The van der Waals surface area contributed by atoms with Crippen molar-refractivity contribution in [1.82, 2.24) is 5.32 Å². The van der Waals surface area contributed by atoms with Crippen LogP contribution in [0.15, 0.2) is 41.8 Å². The number of hydrogen-bond acceptors (Lipinski definition) is 3. The van der Waals surface area contributed by atoms with E-state index in [4.69, 9.17) is 0 Å². The first kappa shape index (κ1) is 15.3. The van der Waals surface area contributed by atoms with Crippen LogP contribution >= 0.6 is 33.9 Å². The number of nitrogens with zero attached hydrogens (tertiary/aromatic N) is 1. The number of hydrogen-bond donors (Lipinski definition) is 1. The summed E-state index contributed by atoms with van der Waals surface area (Å²) in [5, 5.41) is 4.85. The standard InChI is InChI=1S/C15H17IN2OS/c1-18(13-6-3-2-4-7-13)9-5-8-17-15(19)12-10-14(16)20-11-12/h2-4,6-7,10-11H,5,8-9H2,1H3,(H,17,19). The molecule has 0 aliphatic carbocycles. The minimum absolute atomic E-state index is 0.0199. The first-order valence-electron chi connectivity index (χ1n) is 6.45. The summed E-state index contributed by atoms with van der Waals surface area (Å²) in [6.45, 7) is 1.62. The Hall–Kier alpha value is -1.08. The lowest BCUT2D eigenvalue weighted by Crippen LogP contribution is -2.27. The molecular weight excluding hydrogens is 383 g/mol. The Morgan fingerprint density at radius 3 is 2.75 bits per heavy atom. The van der Waals surface area contributed by atoms with E-state index in [0.717, 1.165) is 21.4 Å². The van der Waals surface area contributed by atoms with Gasteiger partial charge in [0, 0.05) is 31.2 Å². The van der Waals surface area contributed by atoms with Gasteiger partial charge in [0.1, 0.15) is 0 Å². The maximum atomic E-state index is 11.9. The summed E-state index contributed by atoms with van der Waals surface area (Å²) >= 11 is 3.82. The molecule has 0 unspecified atom stereocenters. The zero-order chi connectivity index (χ0) is 14.4. The van der Waals surface area contributed by atoms with Crippen molar-refractivity contribution in [3.05, 3.63) is 50.2 Å². The minimum atomic E-state index is 0.0199. The minimum Gasteiger partial charge on any atom is -0.375 e. The third-order valence-electron chi connectivity index (χ3n) is 2.98. The van der Waals surface area contributed by atoms with Gasteiger partial charge in [0.15, 0.2) is 0 Å². The lowest BCUT2D eigenvalue weighted by molar-refractivity contribution is 0.0954. The maximum Gasteiger partial charge on any atom is 0.252 e. The zero-order valence-electron chi connectivity index (χ0n) is 11.3. The van der Waals surface area contributed by atoms with Gasteiger partial charge >= 0.3 is 0 Å². The summed E-state index contributed by atoms with van der Waals surface area (Å²) in [5.74, 6) is 0.0199. The summed E-state index contributed by atoms with van der Waals surface area (Å²) in [4.78, 5) is 14.0. The molecule has 0 saturated carbocycles. The predicted molar refractivity (Wildman–Crippen MR) is 93.7 cm³/mol. The molecule has 0 aliphatic heterocycles. The second-order valence-electron chi connectivity index (χ2n) is 4.51. The van der Waals surface area contributed by atoms with Crippen LogP contribution in [0.5, 0.6) is 0 Å². The van der Waals surface area contributed by atoms with Crippen LogP contribution in [0.3, 0.4) is 0 Å². The second-order valence-corrected chi connectivity index (χ2v) is 7.31. The topological polar surface area (TPSA) is 32.3 Å². The molecule has 1 aromatic heterocycles. The quantitative estimate of drug-likeness (QED) is 0.594. The Kier molecular flexibility index (Phi) is 5.85. The van der Waals surface area contributed by atoms with Crippen molar-refractivity contribution in [3.8, 4) is 0 Å². The van der Waals surface area contributed by atoms with Gasteiger partial charge in [0.05, 0.1) is 8.45 Å². The van der Waals surface area contributed by atoms with Gasteiger partial charge in [-0.3, -0.25) is 4.79 Å². The highest BCUT2D eigenvalue weighted by atomic mass is 127. The Morgan fingerprint density at radius 1 is 1.35 bits per heavy atom. The number of halogens is 1. The Labute approximate surface area is 137 Å². The molecule has 0 radical (unpaired) electrons. The highest BCUT2D eigenvalue weighted by Crippen LogP contribution is 2.16. The van der Waals surface area contributed by atoms with Gasteiger partial charge in [-0.2, -0.15) is 0 Å². The fourth-order valence-corrected chi connectivity index (χ4v) is 3.19. The van der Waals surface area contributed by atoms with Crippen molar-refractivity contribution >= 4 is 45.5 Å². The smallest absolute Gasteiger partial charge is 0.252 e. The van der Waals surface area contributed by atoms with Gasteiger partial charge in [-0.1, -0.05) is 18.2 Å². The van der Waals surface area contributed by atoms with Crippen molar-refractivity contribution < 1.29 is 4.79 Å². The van der Waals surface area contributed by atoms with Crippen molar-refractivity contribution in [1.29, 1.82) is 0 Å². The molecule has 1 N–H and O–H groups in total. The van der Waals surface area contributed by atoms with Crippen molar-refractivity contribution in [2.45, 2.75) is 6.42 Å². The third kappa shape index (κ3) is 4.49. The fraction of sp³-hybridized carbons (Fsp3) is 0.267. The number of para-hydroxylation sites is 1. The molecule has 20 heavy (non-hydrogen) atoms. The number of nitrogens with one attached hydrogen (secondary N) is 1. The van der Waals surface area contributed by atoms with E-state index in [1.165, 1.54) is 5.69 Å². The van der Waals surface area contributed by atoms with Gasteiger partial charge in [-0.15, -0.1) is 11.3 Å². The van der Waals surface area contributed by atoms with Crippen LogP contribution in [0.2, 0.25) is 0 Å². The lowest BCUT2D eigenvalue weighted by Gasteiger charge is -2.19. The molecule has 3 nitrogen and oxygen atoms in total. The van der Waals surface area contributed by atoms with Crippen molar-refractivity contribution in [2.75, 3.05) is 25.0 Å². The number of amides is 1. The molecule has 5 heteroatoms. The zero-order valence-corrected chi connectivity index (χ0v) is 14.3. The SMILES string of the molecule is CN(CCCNC(=O)c1csc(I)c1)c1ccccc1. The molecule has 0 atom stereocenters. The van der Waals surface area contributed by atoms with E-state index < -0.39 is 0 Å². The van der Waals surface area contributed by atoms with E-state index in [0.29, 0.717) is 6.54 Å². The van der Waals surface area contributed by atoms with Crippen LogP contribution in [0.25, 0.3) is 0 Å². The Morgan fingerprint density at radius 2 is 2.10 bits per heavy atom. The predicted octanol–water partition coefficient (Wildman–Crippen LogP) is 3.61. The van der Waals surface area contributed by atoms with Gasteiger partial charge in [-0.25, -0.2) is 0 Å². The number of benzene rings is 1. The average molecular weight is 400 g/mol. The van der Waals surface area contributed by atoms with Gasteiger partial charge in [-0.05, 0) is 47.2 Å². The summed E-state index contributed by atoms with van der Waals surface area (Å²) < 4.78 is 1.14. The Bertz CT molecular complexity index is 556. The molecule has 2 aromatic rings. The highest BCUT2D eigenvalue weighted by molar-refractivity contribution is 14.1. The molecule has 0 aliphatic rings. The lowest BCUT2D eigenvalue weighted by atomic mass is 10.2. The summed E-state index contributed by atoms with van der Waals surface area (Å²) in [7, 11) is 2.07. The molecule has 0 saturated heterocycles. The molecule has 1 heterocycles. The number of rotatable bonds is 6. The number of carbonyl (C=O) groups is 1. The van der Waals surface area contributed by atoms with E-state index in [2.05, 4.69) is 52.0 Å². The molecule has 1 aromatic carbocycles. The summed E-state index contributed by atoms with van der Waals surface area (Å²) in [5.41, 5.74) is 1.96. The van der Waals surface area contributed by atoms with Gasteiger partial charge in [0.2, 0.25) is 0 Å². The fourth-order valence-electron chi connectivity index (χ4n) is 1.86. The van der Waals surface area contributed by atoms with Crippen LogP contribution < -0.4 is 10.2 Å². The first-order valence-corrected chi connectivity index (χ1v) is 8.41. The average Bonchev–Trinajstić information content (AvgIpc) is 2.91. The van der Waals surface area contributed by atoms with Crippen LogP contribution in [0.4, 0.5) is 5.69 Å². The van der Waals surface area contributed by atoms with Gasteiger partial charge < -0.3 is 10.2 Å². The van der Waals surface area contributed by atoms with Crippen LogP contribution in [-0.4, -0.2) is 26.0 Å². The Balaban J connectivity index is 1.70. The summed E-state index contributed by atoms with van der Waals surface area (Å²) in [6.07, 6.45) is 0.929. The van der Waals surface area contributed by atoms with Crippen molar-refractivity contribution in [3.63, 3.8) is 0 Å². The highest BCUT2D eigenvalue weighted by Gasteiger charge is 2.07. The maximum absolute atomic E-state index is 11.9. The van der Waals surface area contributed by atoms with E-state index in [9.17, 15) is 4.79 Å². The van der Waals surface area contributed by atoms with Crippen molar-refractivity contribution in [2.24, 2.45) is 0 Å². The largest absolute Gasteiger partial charge is 0.375 e. The van der Waals surface area contributed by atoms with Gasteiger partial charge in [0.25, 0.3) is 5.91 Å². The summed E-state index contributed by atoms with van der Waals surface area (Å²) in [6, 6.07) is 12.2.